The molecule has 2 atom stereocenters. The number of hydrogen-bond donors (Lipinski definition) is 0. The van der Waals surface area contributed by atoms with Gasteiger partial charge in [-0.05, 0) is 25.2 Å². The van der Waals surface area contributed by atoms with Gasteiger partial charge in [-0.2, -0.15) is 0 Å². The third-order valence-electron chi connectivity index (χ3n) is 3.81. The molecule has 0 radical (unpaired) electrons. The molecule has 0 bridgehead atoms. The summed E-state index contributed by atoms with van der Waals surface area (Å²) in [6, 6.07) is 0. The van der Waals surface area contributed by atoms with Crippen LogP contribution in [0.15, 0.2) is 0 Å². The van der Waals surface area contributed by atoms with E-state index in [2.05, 4.69) is 6.92 Å². The SMILES string of the molecule is C[C@H]1CCCC[C@]12CCC2=O. The topological polar surface area (TPSA) is 17.1 Å². The molecule has 1 nitrogen and oxygen atoms in total. The monoisotopic (exact) mass is 152 g/mol. The summed E-state index contributed by atoms with van der Waals surface area (Å²) in [6.45, 7) is 2.26. The molecule has 0 aromatic carbocycles. The fourth-order valence-corrected chi connectivity index (χ4v) is 2.75. The Bertz CT molecular complexity index is 185. The highest BCUT2D eigenvalue weighted by Gasteiger charge is 2.50. The standard InChI is InChI=1S/C10H16O/c1-8-4-2-3-6-10(8)7-5-9(10)11/h8H,2-7H2,1H3/t8-,10-/m0/s1. The zero-order chi connectivity index (χ0) is 7.90. The number of hydrogen-bond acceptors (Lipinski definition) is 1. The molecule has 0 saturated heterocycles. The van der Waals surface area contributed by atoms with E-state index in [1.807, 2.05) is 0 Å². The molecule has 2 saturated carbocycles. The van der Waals surface area contributed by atoms with Gasteiger partial charge >= 0.3 is 0 Å². The highest BCUT2D eigenvalue weighted by molar-refractivity contribution is 5.90. The highest BCUT2D eigenvalue weighted by atomic mass is 16.1. The predicted octanol–water partition coefficient (Wildman–Crippen LogP) is 2.55. The molecule has 0 N–H and O–H groups in total. The number of Topliss-reactive ketones (excluding diaryl/α,β-unsaturated/α-hetero) is 1. The Balaban J connectivity index is 2.15. The molecular formula is C10H16O. The van der Waals surface area contributed by atoms with Gasteiger partial charge in [-0.15, -0.1) is 0 Å². The molecule has 0 heterocycles. The number of ketones is 1. The zero-order valence-corrected chi connectivity index (χ0v) is 7.23. The van der Waals surface area contributed by atoms with E-state index in [1.54, 1.807) is 0 Å². The van der Waals surface area contributed by atoms with Crippen LogP contribution in [0, 0.1) is 11.3 Å². The highest BCUT2D eigenvalue weighted by Crippen LogP contribution is 2.52. The summed E-state index contributed by atoms with van der Waals surface area (Å²) >= 11 is 0. The maximum atomic E-state index is 11.4. The molecular weight excluding hydrogens is 136 g/mol. The predicted molar refractivity (Wildman–Crippen MR) is 44.3 cm³/mol. The Morgan fingerprint density at radius 2 is 2.18 bits per heavy atom. The van der Waals surface area contributed by atoms with Gasteiger partial charge in [-0.3, -0.25) is 4.79 Å². The zero-order valence-electron chi connectivity index (χ0n) is 7.23. The summed E-state index contributed by atoms with van der Waals surface area (Å²) in [5.74, 6) is 1.24. The van der Waals surface area contributed by atoms with Crippen LogP contribution in [-0.2, 0) is 4.79 Å². The van der Waals surface area contributed by atoms with Crippen molar-refractivity contribution in [3.63, 3.8) is 0 Å². The van der Waals surface area contributed by atoms with Crippen LogP contribution >= 0.6 is 0 Å². The van der Waals surface area contributed by atoms with Gasteiger partial charge in [0.05, 0.1) is 0 Å². The second-order valence-corrected chi connectivity index (χ2v) is 4.23. The molecule has 2 fully saturated rings. The fraction of sp³-hybridized carbons (Fsp3) is 0.900. The average molecular weight is 152 g/mol. The summed E-state index contributed by atoms with van der Waals surface area (Å²) in [4.78, 5) is 11.4. The Morgan fingerprint density at radius 1 is 1.36 bits per heavy atom. The van der Waals surface area contributed by atoms with Crippen LogP contribution in [0.4, 0.5) is 0 Å². The van der Waals surface area contributed by atoms with Crippen LogP contribution in [0.3, 0.4) is 0 Å². The molecule has 0 unspecified atom stereocenters. The smallest absolute Gasteiger partial charge is 0.139 e. The molecule has 0 aromatic heterocycles. The molecule has 11 heavy (non-hydrogen) atoms. The Morgan fingerprint density at radius 3 is 2.55 bits per heavy atom. The molecule has 0 amide bonds. The van der Waals surface area contributed by atoms with Gasteiger partial charge in [0.25, 0.3) is 0 Å². The quantitative estimate of drug-likeness (QED) is 0.521. The summed E-state index contributed by atoms with van der Waals surface area (Å²) in [5.41, 5.74) is 0.179. The Kier molecular flexibility index (Phi) is 1.55. The summed E-state index contributed by atoms with van der Waals surface area (Å²) in [6.07, 6.45) is 7.16. The lowest BCUT2D eigenvalue weighted by molar-refractivity contribution is -0.145. The van der Waals surface area contributed by atoms with Crippen molar-refractivity contribution in [3.05, 3.63) is 0 Å². The summed E-state index contributed by atoms with van der Waals surface area (Å²) in [5, 5.41) is 0. The molecule has 2 rings (SSSR count). The Hall–Kier alpha value is -0.330. The van der Waals surface area contributed by atoms with Crippen molar-refractivity contribution >= 4 is 5.78 Å². The van der Waals surface area contributed by atoms with Crippen LogP contribution in [-0.4, -0.2) is 5.78 Å². The van der Waals surface area contributed by atoms with E-state index in [4.69, 9.17) is 0 Å². The molecule has 2 aliphatic rings. The lowest BCUT2D eigenvalue weighted by Crippen LogP contribution is -2.47. The molecule has 62 valence electrons. The fourth-order valence-electron chi connectivity index (χ4n) is 2.75. The molecule has 1 spiro atoms. The van der Waals surface area contributed by atoms with E-state index < -0.39 is 0 Å². The Labute approximate surface area is 68.2 Å². The number of carbonyl (C=O) groups is 1. The van der Waals surface area contributed by atoms with Gasteiger partial charge in [0.1, 0.15) is 5.78 Å². The maximum Gasteiger partial charge on any atom is 0.139 e. The normalized spacial score (nSPS) is 44.1. The molecule has 2 aliphatic carbocycles. The van der Waals surface area contributed by atoms with Gasteiger partial charge < -0.3 is 0 Å². The van der Waals surface area contributed by atoms with E-state index in [-0.39, 0.29) is 5.41 Å². The number of carbonyl (C=O) groups excluding carboxylic acids is 1. The van der Waals surface area contributed by atoms with Crippen molar-refractivity contribution in [1.82, 2.24) is 0 Å². The summed E-state index contributed by atoms with van der Waals surface area (Å²) in [7, 11) is 0. The van der Waals surface area contributed by atoms with E-state index in [9.17, 15) is 4.79 Å². The van der Waals surface area contributed by atoms with Crippen molar-refractivity contribution in [2.24, 2.45) is 11.3 Å². The van der Waals surface area contributed by atoms with E-state index in [0.717, 1.165) is 6.42 Å². The minimum absolute atomic E-state index is 0.179. The van der Waals surface area contributed by atoms with Crippen LogP contribution in [0.5, 0.6) is 0 Å². The third-order valence-corrected chi connectivity index (χ3v) is 3.81. The third kappa shape index (κ3) is 0.863. The first-order valence-electron chi connectivity index (χ1n) is 4.79. The maximum absolute atomic E-state index is 11.4. The minimum Gasteiger partial charge on any atom is -0.299 e. The van der Waals surface area contributed by atoms with Crippen molar-refractivity contribution in [2.45, 2.75) is 45.4 Å². The lowest BCUT2D eigenvalue weighted by Gasteiger charge is -2.47. The van der Waals surface area contributed by atoms with Gasteiger partial charge in [0, 0.05) is 11.8 Å². The summed E-state index contributed by atoms with van der Waals surface area (Å²) < 4.78 is 0. The molecule has 1 heteroatoms. The number of rotatable bonds is 0. The molecule has 0 aromatic rings. The van der Waals surface area contributed by atoms with E-state index in [0.29, 0.717) is 11.7 Å². The lowest BCUT2D eigenvalue weighted by atomic mass is 9.55. The van der Waals surface area contributed by atoms with Crippen molar-refractivity contribution in [3.8, 4) is 0 Å². The van der Waals surface area contributed by atoms with Crippen LogP contribution < -0.4 is 0 Å². The first-order chi connectivity index (χ1) is 5.26. The first kappa shape index (κ1) is 7.33. The van der Waals surface area contributed by atoms with Crippen LogP contribution in [0.25, 0.3) is 0 Å². The van der Waals surface area contributed by atoms with Gasteiger partial charge in [0.15, 0.2) is 0 Å². The second-order valence-electron chi connectivity index (χ2n) is 4.23. The van der Waals surface area contributed by atoms with E-state index in [1.165, 1.54) is 32.1 Å². The van der Waals surface area contributed by atoms with Crippen molar-refractivity contribution in [1.29, 1.82) is 0 Å². The van der Waals surface area contributed by atoms with Crippen LogP contribution in [0.2, 0.25) is 0 Å². The molecule has 0 aliphatic heterocycles. The van der Waals surface area contributed by atoms with Crippen molar-refractivity contribution in [2.75, 3.05) is 0 Å². The van der Waals surface area contributed by atoms with Gasteiger partial charge in [-0.25, -0.2) is 0 Å². The largest absolute Gasteiger partial charge is 0.299 e. The van der Waals surface area contributed by atoms with Gasteiger partial charge in [0.2, 0.25) is 0 Å². The first-order valence-corrected chi connectivity index (χ1v) is 4.79. The van der Waals surface area contributed by atoms with Gasteiger partial charge in [-0.1, -0.05) is 19.8 Å². The minimum atomic E-state index is 0.179. The van der Waals surface area contributed by atoms with Crippen molar-refractivity contribution < 1.29 is 4.79 Å². The second kappa shape index (κ2) is 2.33. The average Bonchev–Trinajstić information content (AvgIpc) is 2.03. The van der Waals surface area contributed by atoms with E-state index >= 15 is 0 Å². The van der Waals surface area contributed by atoms with Crippen LogP contribution in [0.1, 0.15) is 45.4 Å².